The van der Waals surface area contributed by atoms with Crippen LogP contribution in [0.15, 0.2) is 23.1 Å². The van der Waals surface area contributed by atoms with E-state index in [2.05, 4.69) is 0 Å². The van der Waals surface area contributed by atoms with Crippen molar-refractivity contribution in [3.05, 3.63) is 18.2 Å². The van der Waals surface area contributed by atoms with E-state index in [9.17, 15) is 16.8 Å². The highest BCUT2D eigenvalue weighted by atomic mass is 32.2. The summed E-state index contributed by atoms with van der Waals surface area (Å²) >= 11 is 0. The number of hydrogen-bond acceptors (Lipinski definition) is 6. The number of sulfone groups is 1. The molecule has 1 rings (SSSR count). The Morgan fingerprint density at radius 1 is 1.21 bits per heavy atom. The number of nitrogen functional groups attached to an aromatic ring is 1. The number of sulfonamides is 1. The Labute approximate surface area is 113 Å². The Bertz CT molecular complexity index is 668. The number of anilines is 2. The lowest BCUT2D eigenvalue weighted by Crippen LogP contribution is -2.25. The number of hydrogen-bond donors (Lipinski definition) is 2. The molecular weight excluding hydrogens is 290 g/mol. The van der Waals surface area contributed by atoms with Gasteiger partial charge in [-0.1, -0.05) is 0 Å². The van der Waals surface area contributed by atoms with Gasteiger partial charge in [0, 0.05) is 19.8 Å². The van der Waals surface area contributed by atoms with Crippen LogP contribution in [0.3, 0.4) is 0 Å². The number of nitrogens with zero attached hydrogens (tertiary/aromatic N) is 1. The summed E-state index contributed by atoms with van der Waals surface area (Å²) in [6, 6.07) is 4.08. The van der Waals surface area contributed by atoms with Gasteiger partial charge in [-0.2, -0.15) is 0 Å². The molecule has 0 saturated carbocycles. The van der Waals surface area contributed by atoms with Crippen molar-refractivity contribution in [2.45, 2.75) is 4.90 Å². The quantitative estimate of drug-likeness (QED) is 0.700. The van der Waals surface area contributed by atoms with Gasteiger partial charge in [0.1, 0.15) is 9.84 Å². The topological polar surface area (TPSA) is 124 Å². The molecule has 4 N–H and O–H groups in total. The Morgan fingerprint density at radius 2 is 1.79 bits per heavy atom. The van der Waals surface area contributed by atoms with Gasteiger partial charge in [-0.25, -0.2) is 22.0 Å². The average Bonchev–Trinajstić information content (AvgIpc) is 2.23. The Balaban J connectivity index is 2.97. The number of nitrogens with two attached hydrogens (primary N) is 2. The smallest absolute Gasteiger partial charge is 0.238 e. The normalized spacial score (nSPS) is 12.4. The molecule has 1 aromatic rings. The molecule has 0 aromatic heterocycles. The first kappa shape index (κ1) is 15.7. The highest BCUT2D eigenvalue weighted by Crippen LogP contribution is 2.24. The van der Waals surface area contributed by atoms with Gasteiger partial charge in [0.2, 0.25) is 10.0 Å². The second kappa shape index (κ2) is 5.35. The van der Waals surface area contributed by atoms with E-state index in [1.807, 2.05) is 0 Å². The summed E-state index contributed by atoms with van der Waals surface area (Å²) in [6.07, 6.45) is 1.15. The highest BCUT2D eigenvalue weighted by Gasteiger charge is 2.13. The molecule has 9 heteroatoms. The van der Waals surface area contributed by atoms with E-state index in [1.165, 1.54) is 18.2 Å². The van der Waals surface area contributed by atoms with Gasteiger partial charge >= 0.3 is 0 Å². The van der Waals surface area contributed by atoms with Crippen molar-refractivity contribution in [2.24, 2.45) is 5.14 Å². The molecule has 0 unspecified atom stereocenters. The molecular formula is C10H17N3O4S2. The SMILES string of the molecule is CN(CCS(C)(=O)=O)c1ccc(S(N)(=O)=O)cc1N. The first-order valence-corrected chi connectivity index (χ1v) is 8.92. The Morgan fingerprint density at radius 3 is 2.21 bits per heavy atom. The Hall–Kier alpha value is -1.32. The lowest BCUT2D eigenvalue weighted by molar-refractivity contribution is 0.597. The fraction of sp³-hybridized carbons (Fsp3) is 0.400. The fourth-order valence-electron chi connectivity index (χ4n) is 1.48. The van der Waals surface area contributed by atoms with Crippen molar-refractivity contribution in [2.75, 3.05) is 36.2 Å². The molecule has 19 heavy (non-hydrogen) atoms. The third-order valence-corrected chi connectivity index (χ3v) is 4.37. The van der Waals surface area contributed by atoms with Gasteiger partial charge in [-0.05, 0) is 18.2 Å². The lowest BCUT2D eigenvalue weighted by Gasteiger charge is -2.21. The van der Waals surface area contributed by atoms with Crippen molar-refractivity contribution >= 4 is 31.2 Å². The fourth-order valence-corrected chi connectivity index (χ4v) is 2.63. The van der Waals surface area contributed by atoms with Gasteiger partial charge in [0.25, 0.3) is 0 Å². The van der Waals surface area contributed by atoms with Crippen LogP contribution in [0, 0.1) is 0 Å². The molecule has 0 atom stereocenters. The number of primary sulfonamides is 1. The largest absolute Gasteiger partial charge is 0.397 e. The van der Waals surface area contributed by atoms with E-state index >= 15 is 0 Å². The monoisotopic (exact) mass is 307 g/mol. The van der Waals surface area contributed by atoms with Crippen molar-refractivity contribution in [1.82, 2.24) is 0 Å². The molecule has 0 bridgehead atoms. The van der Waals surface area contributed by atoms with Crippen molar-refractivity contribution in [1.29, 1.82) is 0 Å². The molecule has 0 aliphatic rings. The zero-order chi connectivity index (χ0) is 14.8. The van der Waals surface area contributed by atoms with E-state index in [-0.39, 0.29) is 22.9 Å². The maximum Gasteiger partial charge on any atom is 0.238 e. The van der Waals surface area contributed by atoms with Crippen LogP contribution >= 0.6 is 0 Å². The van der Waals surface area contributed by atoms with Gasteiger partial charge in [-0.15, -0.1) is 0 Å². The van der Waals surface area contributed by atoms with Crippen LogP contribution in [-0.4, -0.2) is 42.4 Å². The summed E-state index contributed by atoms with van der Waals surface area (Å²) < 4.78 is 44.5. The lowest BCUT2D eigenvalue weighted by atomic mass is 10.2. The second-order valence-electron chi connectivity index (χ2n) is 4.32. The summed E-state index contributed by atoms with van der Waals surface area (Å²) in [5.41, 5.74) is 6.52. The van der Waals surface area contributed by atoms with Crippen LogP contribution in [0.1, 0.15) is 0 Å². The molecule has 108 valence electrons. The van der Waals surface area contributed by atoms with Crippen molar-refractivity contribution in [3.8, 4) is 0 Å². The molecule has 1 aromatic carbocycles. The molecule has 0 spiro atoms. The van der Waals surface area contributed by atoms with Crippen LogP contribution in [0.25, 0.3) is 0 Å². The molecule has 0 aliphatic carbocycles. The molecule has 0 heterocycles. The van der Waals surface area contributed by atoms with E-state index in [1.54, 1.807) is 11.9 Å². The van der Waals surface area contributed by atoms with E-state index in [0.717, 1.165) is 6.26 Å². The predicted octanol–water partition coefficient (Wildman–Crippen LogP) is -0.603. The summed E-state index contributed by atoms with van der Waals surface area (Å²) in [5.74, 6) is -0.0140. The average molecular weight is 307 g/mol. The van der Waals surface area contributed by atoms with Gasteiger partial charge in [0.05, 0.1) is 22.0 Å². The van der Waals surface area contributed by atoms with E-state index in [0.29, 0.717) is 5.69 Å². The van der Waals surface area contributed by atoms with Crippen LogP contribution in [0.2, 0.25) is 0 Å². The molecule has 0 amide bonds. The maximum absolute atomic E-state index is 11.2. The molecule has 7 nitrogen and oxygen atoms in total. The zero-order valence-electron chi connectivity index (χ0n) is 10.7. The third-order valence-electron chi connectivity index (χ3n) is 2.54. The van der Waals surface area contributed by atoms with Crippen LogP contribution in [-0.2, 0) is 19.9 Å². The van der Waals surface area contributed by atoms with Gasteiger partial charge in [0.15, 0.2) is 0 Å². The maximum atomic E-state index is 11.2. The van der Waals surface area contributed by atoms with Crippen molar-refractivity contribution in [3.63, 3.8) is 0 Å². The Kier molecular flexibility index (Phi) is 4.43. The van der Waals surface area contributed by atoms with E-state index < -0.39 is 19.9 Å². The molecule has 0 fully saturated rings. The number of rotatable bonds is 5. The van der Waals surface area contributed by atoms with Crippen LogP contribution in [0.5, 0.6) is 0 Å². The number of benzene rings is 1. The minimum atomic E-state index is -3.80. The van der Waals surface area contributed by atoms with Crippen LogP contribution < -0.4 is 15.8 Å². The molecule has 0 saturated heterocycles. The summed E-state index contributed by atoms with van der Waals surface area (Å²) in [5, 5.41) is 4.99. The van der Waals surface area contributed by atoms with Gasteiger partial charge in [-0.3, -0.25) is 0 Å². The third kappa shape index (κ3) is 4.69. The highest BCUT2D eigenvalue weighted by molar-refractivity contribution is 7.90. The predicted molar refractivity (Wildman–Crippen MR) is 75.2 cm³/mol. The minimum Gasteiger partial charge on any atom is -0.397 e. The summed E-state index contributed by atoms with van der Waals surface area (Å²) in [7, 11) is -5.19. The zero-order valence-corrected chi connectivity index (χ0v) is 12.3. The minimum absolute atomic E-state index is 0.0140. The first-order valence-electron chi connectivity index (χ1n) is 5.32. The second-order valence-corrected chi connectivity index (χ2v) is 8.14. The standard InChI is InChI=1S/C10H17N3O4S2/c1-13(5-6-18(2,14)15)10-4-3-8(7-9(10)11)19(12,16)17/h3-4,7H,5-6,11H2,1-2H3,(H2,12,16,17). The summed E-state index contributed by atoms with van der Waals surface area (Å²) in [4.78, 5) is 1.56. The summed E-state index contributed by atoms with van der Waals surface area (Å²) in [6.45, 7) is 0.262. The molecule has 0 radical (unpaired) electrons. The van der Waals surface area contributed by atoms with Crippen LogP contribution in [0.4, 0.5) is 11.4 Å². The molecule has 0 aliphatic heterocycles. The van der Waals surface area contributed by atoms with E-state index in [4.69, 9.17) is 10.9 Å². The van der Waals surface area contributed by atoms with Gasteiger partial charge < -0.3 is 10.6 Å². The first-order chi connectivity index (χ1) is 8.50. The van der Waals surface area contributed by atoms with Crippen molar-refractivity contribution < 1.29 is 16.8 Å².